The molecule has 1 rings (SSSR count). The number of hydrogen-bond donors (Lipinski definition) is 2. The quantitative estimate of drug-likeness (QED) is 0.773. The highest BCUT2D eigenvalue weighted by Gasteiger charge is 2.15. The Balaban J connectivity index is 2.77. The highest BCUT2D eigenvalue weighted by molar-refractivity contribution is 7.99. The van der Waals surface area contributed by atoms with E-state index in [1.807, 2.05) is 26.3 Å². The second-order valence-corrected chi connectivity index (χ2v) is 7.86. The molecule has 114 valence electrons. The number of thioether (sulfide) groups is 1. The lowest BCUT2D eigenvalue weighted by Gasteiger charge is -2.13. The zero-order chi connectivity index (χ0) is 15.2. The largest absolute Gasteiger partial charge is 0.313 e. The summed E-state index contributed by atoms with van der Waals surface area (Å²) in [6.07, 6.45) is 2.86. The molecule has 0 fully saturated rings. The summed E-state index contributed by atoms with van der Waals surface area (Å²) < 4.78 is 27.1. The molecule has 0 aliphatic heterocycles. The van der Waals surface area contributed by atoms with Gasteiger partial charge in [-0.05, 0) is 44.3 Å². The Kier molecular flexibility index (Phi) is 7.02. The summed E-state index contributed by atoms with van der Waals surface area (Å²) >= 11 is 1.74. The zero-order valence-corrected chi connectivity index (χ0v) is 14.1. The Morgan fingerprint density at radius 3 is 2.60 bits per heavy atom. The van der Waals surface area contributed by atoms with E-state index in [2.05, 4.69) is 17.0 Å². The Bertz CT molecular complexity index is 518. The predicted molar refractivity (Wildman–Crippen MR) is 86.7 cm³/mol. The van der Waals surface area contributed by atoms with Gasteiger partial charge in [0.25, 0.3) is 0 Å². The van der Waals surface area contributed by atoms with Gasteiger partial charge in [0.1, 0.15) is 0 Å². The number of benzene rings is 1. The van der Waals surface area contributed by atoms with Crippen LogP contribution in [0.2, 0.25) is 0 Å². The van der Waals surface area contributed by atoms with Crippen molar-refractivity contribution < 1.29 is 8.42 Å². The average Bonchev–Trinajstić information content (AvgIpc) is 2.46. The standard InChI is InChI=1S/C14H24N2O2S2/c1-11(19-4)8-9-16-20(17,18)14-7-5-6-13(10-14)12(2)15-3/h5-7,10-12,15-16H,8-9H2,1-4H3. The fourth-order valence-electron chi connectivity index (χ4n) is 1.72. The molecular weight excluding hydrogens is 292 g/mol. The van der Waals surface area contributed by atoms with Crippen LogP contribution < -0.4 is 10.0 Å². The van der Waals surface area contributed by atoms with Crippen LogP contribution in [0.3, 0.4) is 0 Å². The number of rotatable bonds is 8. The summed E-state index contributed by atoms with van der Waals surface area (Å²) in [4.78, 5) is 0.328. The van der Waals surface area contributed by atoms with Crippen molar-refractivity contribution in [2.75, 3.05) is 19.8 Å². The van der Waals surface area contributed by atoms with Crippen molar-refractivity contribution in [2.24, 2.45) is 0 Å². The van der Waals surface area contributed by atoms with Crippen LogP contribution in [0, 0.1) is 0 Å². The monoisotopic (exact) mass is 316 g/mol. The minimum Gasteiger partial charge on any atom is -0.313 e. The Hall–Kier alpha value is -0.560. The highest BCUT2D eigenvalue weighted by atomic mass is 32.2. The average molecular weight is 316 g/mol. The first kappa shape index (κ1) is 17.5. The van der Waals surface area contributed by atoms with E-state index in [1.165, 1.54) is 0 Å². The lowest BCUT2D eigenvalue weighted by atomic mass is 10.1. The summed E-state index contributed by atoms with van der Waals surface area (Å²) in [6.45, 7) is 4.56. The van der Waals surface area contributed by atoms with Gasteiger partial charge in [0.05, 0.1) is 4.90 Å². The van der Waals surface area contributed by atoms with Gasteiger partial charge in [0.15, 0.2) is 0 Å². The molecule has 0 aromatic heterocycles. The molecule has 6 heteroatoms. The van der Waals surface area contributed by atoms with E-state index in [0.29, 0.717) is 16.7 Å². The van der Waals surface area contributed by atoms with Crippen LogP contribution in [-0.4, -0.2) is 33.5 Å². The maximum atomic E-state index is 12.2. The van der Waals surface area contributed by atoms with Gasteiger partial charge in [-0.2, -0.15) is 11.8 Å². The van der Waals surface area contributed by atoms with E-state index in [9.17, 15) is 8.42 Å². The molecule has 4 nitrogen and oxygen atoms in total. The van der Waals surface area contributed by atoms with Crippen LogP contribution in [0.25, 0.3) is 0 Å². The Morgan fingerprint density at radius 2 is 2.00 bits per heavy atom. The van der Waals surface area contributed by atoms with Crippen LogP contribution in [0.5, 0.6) is 0 Å². The normalized spacial score (nSPS) is 15.0. The third-order valence-electron chi connectivity index (χ3n) is 3.35. The molecule has 20 heavy (non-hydrogen) atoms. The lowest BCUT2D eigenvalue weighted by molar-refractivity contribution is 0.578. The van der Waals surface area contributed by atoms with Crippen LogP contribution in [0.4, 0.5) is 0 Å². The van der Waals surface area contributed by atoms with E-state index in [0.717, 1.165) is 12.0 Å². The first-order chi connectivity index (χ1) is 9.40. The van der Waals surface area contributed by atoms with Gasteiger partial charge in [-0.3, -0.25) is 0 Å². The van der Waals surface area contributed by atoms with Crippen molar-refractivity contribution in [3.05, 3.63) is 29.8 Å². The van der Waals surface area contributed by atoms with E-state index in [4.69, 9.17) is 0 Å². The molecule has 0 amide bonds. The van der Waals surface area contributed by atoms with Crippen LogP contribution in [0.1, 0.15) is 31.9 Å². The van der Waals surface area contributed by atoms with Gasteiger partial charge in [-0.15, -0.1) is 0 Å². The first-order valence-electron chi connectivity index (χ1n) is 6.70. The molecule has 2 unspecified atom stereocenters. The van der Waals surface area contributed by atoms with Gasteiger partial charge in [0, 0.05) is 17.8 Å². The zero-order valence-electron chi connectivity index (χ0n) is 12.5. The first-order valence-corrected chi connectivity index (χ1v) is 9.47. The Morgan fingerprint density at radius 1 is 1.30 bits per heavy atom. The number of hydrogen-bond acceptors (Lipinski definition) is 4. The van der Waals surface area contributed by atoms with Crippen LogP contribution in [-0.2, 0) is 10.0 Å². The van der Waals surface area contributed by atoms with Crippen molar-refractivity contribution in [1.29, 1.82) is 0 Å². The molecule has 0 spiro atoms. The predicted octanol–water partition coefficient (Wildman–Crippen LogP) is 2.39. The summed E-state index contributed by atoms with van der Waals surface area (Å²) in [7, 11) is -1.56. The second-order valence-electron chi connectivity index (χ2n) is 4.82. The van der Waals surface area contributed by atoms with Crippen LogP contribution in [0.15, 0.2) is 29.2 Å². The van der Waals surface area contributed by atoms with Crippen molar-refractivity contribution >= 4 is 21.8 Å². The molecule has 1 aromatic carbocycles. The molecule has 2 atom stereocenters. The summed E-state index contributed by atoms with van der Waals surface area (Å²) in [5.41, 5.74) is 0.966. The van der Waals surface area contributed by atoms with E-state index in [1.54, 1.807) is 30.0 Å². The summed E-state index contributed by atoms with van der Waals surface area (Å²) in [6, 6.07) is 7.19. The third-order valence-corrected chi connectivity index (χ3v) is 5.85. The molecule has 1 aromatic rings. The molecule has 0 heterocycles. The molecule has 0 saturated heterocycles. The van der Waals surface area contributed by atoms with Crippen molar-refractivity contribution in [3.63, 3.8) is 0 Å². The fourth-order valence-corrected chi connectivity index (χ4v) is 3.17. The summed E-state index contributed by atoms with van der Waals surface area (Å²) in [5.74, 6) is 0. The van der Waals surface area contributed by atoms with Gasteiger partial charge >= 0.3 is 0 Å². The Labute approximate surface area is 126 Å². The molecule has 0 aliphatic carbocycles. The number of sulfonamides is 1. The molecule has 0 bridgehead atoms. The lowest BCUT2D eigenvalue weighted by Crippen LogP contribution is -2.26. The van der Waals surface area contributed by atoms with Gasteiger partial charge in [0.2, 0.25) is 10.0 Å². The van der Waals surface area contributed by atoms with Crippen molar-refractivity contribution in [2.45, 2.75) is 36.5 Å². The molecule has 2 N–H and O–H groups in total. The fraction of sp³-hybridized carbons (Fsp3) is 0.571. The SMILES string of the molecule is CNC(C)c1cccc(S(=O)(=O)NCCC(C)SC)c1. The van der Waals surface area contributed by atoms with Gasteiger partial charge in [-0.25, -0.2) is 13.1 Å². The van der Waals surface area contributed by atoms with Gasteiger partial charge < -0.3 is 5.32 Å². The molecule has 0 radical (unpaired) electrons. The van der Waals surface area contributed by atoms with Gasteiger partial charge in [-0.1, -0.05) is 19.1 Å². The smallest absolute Gasteiger partial charge is 0.240 e. The maximum Gasteiger partial charge on any atom is 0.240 e. The van der Waals surface area contributed by atoms with Crippen LogP contribution >= 0.6 is 11.8 Å². The minimum absolute atomic E-state index is 0.127. The number of nitrogens with one attached hydrogen (secondary N) is 2. The van der Waals surface area contributed by atoms with Crippen molar-refractivity contribution in [3.8, 4) is 0 Å². The van der Waals surface area contributed by atoms with Crippen molar-refractivity contribution in [1.82, 2.24) is 10.0 Å². The second kappa shape index (κ2) is 8.02. The molecular formula is C14H24N2O2S2. The van der Waals surface area contributed by atoms with E-state index in [-0.39, 0.29) is 6.04 Å². The molecule has 0 aliphatic rings. The third kappa shape index (κ3) is 5.09. The van der Waals surface area contributed by atoms with E-state index >= 15 is 0 Å². The minimum atomic E-state index is -3.42. The van der Waals surface area contributed by atoms with E-state index < -0.39 is 10.0 Å². The topological polar surface area (TPSA) is 58.2 Å². The molecule has 0 saturated carbocycles. The maximum absolute atomic E-state index is 12.2. The highest BCUT2D eigenvalue weighted by Crippen LogP contribution is 2.17. The summed E-state index contributed by atoms with van der Waals surface area (Å²) in [5, 5.41) is 3.56.